The second-order valence-corrected chi connectivity index (χ2v) is 7.57. The van der Waals surface area contributed by atoms with E-state index in [1.807, 2.05) is 49.1 Å². The molecule has 2 aliphatic rings. The van der Waals surface area contributed by atoms with Crippen LogP contribution in [0.25, 0.3) is 0 Å². The summed E-state index contributed by atoms with van der Waals surface area (Å²) in [6.07, 6.45) is 5.17. The molecule has 0 bridgehead atoms. The third-order valence-electron chi connectivity index (χ3n) is 6.13. The van der Waals surface area contributed by atoms with Crippen LogP contribution in [-0.4, -0.2) is 28.8 Å². The van der Waals surface area contributed by atoms with Gasteiger partial charge in [0.2, 0.25) is 0 Å². The Labute approximate surface area is 170 Å². The Hall–Kier alpha value is -3.15. The van der Waals surface area contributed by atoms with Crippen molar-refractivity contribution in [1.29, 1.82) is 0 Å². The molecule has 0 saturated carbocycles. The van der Waals surface area contributed by atoms with Gasteiger partial charge in [-0.2, -0.15) is 0 Å². The van der Waals surface area contributed by atoms with Crippen LogP contribution in [0.1, 0.15) is 53.7 Å². The van der Waals surface area contributed by atoms with E-state index >= 15 is 0 Å². The van der Waals surface area contributed by atoms with Crippen LogP contribution in [0, 0.1) is 16.0 Å². The smallest absolute Gasteiger partial charge is 0.274 e. The summed E-state index contributed by atoms with van der Waals surface area (Å²) in [5, 5.41) is 15.1. The molecule has 2 aromatic carbocycles. The summed E-state index contributed by atoms with van der Waals surface area (Å²) in [6.45, 7) is 5.32. The molecule has 3 atom stereocenters. The van der Waals surface area contributed by atoms with Gasteiger partial charge in [-0.1, -0.05) is 30.4 Å². The predicted octanol–water partition coefficient (Wildman–Crippen LogP) is 4.90. The highest BCUT2D eigenvalue weighted by Gasteiger charge is 2.40. The van der Waals surface area contributed by atoms with Crippen molar-refractivity contribution >= 4 is 17.3 Å². The van der Waals surface area contributed by atoms with Crippen LogP contribution in [-0.2, 0) is 0 Å². The number of allylic oxidation sites excluding steroid dienone is 2. The van der Waals surface area contributed by atoms with Crippen molar-refractivity contribution in [1.82, 2.24) is 4.90 Å². The van der Waals surface area contributed by atoms with E-state index in [4.69, 9.17) is 0 Å². The number of nitrogens with one attached hydrogen (secondary N) is 1. The molecule has 0 spiro atoms. The summed E-state index contributed by atoms with van der Waals surface area (Å²) < 4.78 is 0. The number of nitro groups is 1. The standard InChI is InChI=1S/C23H25N3O3/c1-3-25(4-2)23(27)15-12-13-20-19(14-15)16-9-7-10-17(16)22(24-20)18-8-5-6-11-21(18)26(28)29/h5-9,11-14,16-17,22,24H,3-4,10H2,1-2H3. The van der Waals surface area contributed by atoms with Gasteiger partial charge in [-0.05, 0) is 49.9 Å². The number of fused-ring (bicyclic) bond motifs is 3. The largest absolute Gasteiger partial charge is 0.377 e. The molecule has 0 radical (unpaired) electrons. The number of nitro benzene ring substituents is 1. The van der Waals surface area contributed by atoms with E-state index in [2.05, 4.69) is 17.5 Å². The number of hydrogen-bond donors (Lipinski definition) is 1. The molecule has 1 amide bonds. The van der Waals surface area contributed by atoms with Crippen LogP contribution in [0.15, 0.2) is 54.6 Å². The average molecular weight is 391 g/mol. The molecule has 0 aromatic heterocycles. The molecule has 1 aliphatic heterocycles. The minimum Gasteiger partial charge on any atom is -0.377 e. The fourth-order valence-corrected chi connectivity index (χ4v) is 4.65. The van der Waals surface area contributed by atoms with Gasteiger partial charge in [0.05, 0.1) is 16.5 Å². The second-order valence-electron chi connectivity index (χ2n) is 7.57. The molecule has 3 unspecified atom stereocenters. The first-order valence-electron chi connectivity index (χ1n) is 10.1. The topological polar surface area (TPSA) is 75.5 Å². The Morgan fingerprint density at radius 1 is 1.17 bits per heavy atom. The number of nitrogens with zero attached hydrogens (tertiary/aromatic N) is 2. The van der Waals surface area contributed by atoms with E-state index in [1.165, 1.54) is 0 Å². The summed E-state index contributed by atoms with van der Waals surface area (Å²) in [4.78, 5) is 25.9. The van der Waals surface area contributed by atoms with E-state index in [1.54, 1.807) is 12.1 Å². The van der Waals surface area contributed by atoms with Crippen molar-refractivity contribution in [3.8, 4) is 0 Å². The van der Waals surface area contributed by atoms with Gasteiger partial charge in [0.1, 0.15) is 0 Å². The molecule has 6 heteroatoms. The Morgan fingerprint density at radius 2 is 1.93 bits per heavy atom. The molecular formula is C23H25N3O3. The van der Waals surface area contributed by atoms with Crippen molar-refractivity contribution in [3.05, 3.63) is 81.4 Å². The van der Waals surface area contributed by atoms with Crippen molar-refractivity contribution < 1.29 is 9.72 Å². The van der Waals surface area contributed by atoms with Gasteiger partial charge < -0.3 is 10.2 Å². The maximum atomic E-state index is 12.8. The zero-order valence-electron chi connectivity index (χ0n) is 16.7. The highest BCUT2D eigenvalue weighted by Crippen LogP contribution is 2.51. The minimum atomic E-state index is -0.310. The van der Waals surface area contributed by atoms with Gasteiger partial charge in [0, 0.05) is 36.3 Å². The molecule has 4 rings (SSSR count). The van der Waals surface area contributed by atoms with Crippen LogP contribution in [0.5, 0.6) is 0 Å². The van der Waals surface area contributed by atoms with Crippen LogP contribution >= 0.6 is 0 Å². The van der Waals surface area contributed by atoms with Gasteiger partial charge in [0.25, 0.3) is 11.6 Å². The first kappa shape index (κ1) is 19.2. The number of carbonyl (C=O) groups excluding carboxylic acids is 1. The van der Waals surface area contributed by atoms with Crippen LogP contribution in [0.3, 0.4) is 0 Å². The van der Waals surface area contributed by atoms with E-state index in [-0.39, 0.29) is 34.4 Å². The van der Waals surface area contributed by atoms with E-state index in [0.29, 0.717) is 24.2 Å². The number of hydrogen-bond acceptors (Lipinski definition) is 4. The number of anilines is 1. The van der Waals surface area contributed by atoms with Gasteiger partial charge in [-0.25, -0.2) is 0 Å². The summed E-state index contributed by atoms with van der Waals surface area (Å²) in [5.74, 6) is 0.361. The molecule has 0 fully saturated rings. The maximum absolute atomic E-state index is 12.8. The number of rotatable bonds is 5. The summed E-state index contributed by atoms with van der Waals surface area (Å²) in [7, 11) is 0. The van der Waals surface area contributed by atoms with Gasteiger partial charge >= 0.3 is 0 Å². The monoisotopic (exact) mass is 391 g/mol. The zero-order valence-corrected chi connectivity index (χ0v) is 16.7. The highest BCUT2D eigenvalue weighted by molar-refractivity contribution is 5.95. The lowest BCUT2D eigenvalue weighted by Crippen LogP contribution is -2.32. The lowest BCUT2D eigenvalue weighted by atomic mass is 9.76. The number of carbonyl (C=O) groups is 1. The van der Waals surface area contributed by atoms with Crippen LogP contribution in [0.2, 0.25) is 0 Å². The third-order valence-corrected chi connectivity index (χ3v) is 6.13. The lowest BCUT2D eigenvalue weighted by Gasteiger charge is -2.37. The molecule has 1 N–H and O–H groups in total. The van der Waals surface area contributed by atoms with E-state index in [9.17, 15) is 14.9 Å². The fraction of sp³-hybridized carbons (Fsp3) is 0.348. The normalized spacial score (nSPS) is 21.8. The molecular weight excluding hydrogens is 366 g/mol. The molecule has 6 nitrogen and oxygen atoms in total. The van der Waals surface area contributed by atoms with Crippen molar-refractivity contribution in [2.45, 2.75) is 32.2 Å². The molecule has 150 valence electrons. The quantitative estimate of drug-likeness (QED) is 0.447. The SMILES string of the molecule is CCN(CC)C(=O)c1ccc2c(c1)C1C=CCC1C(c1ccccc1[N+](=O)[O-])N2. The Kier molecular flexibility index (Phi) is 5.09. The molecule has 29 heavy (non-hydrogen) atoms. The van der Waals surface area contributed by atoms with Crippen LogP contribution in [0.4, 0.5) is 11.4 Å². The zero-order chi connectivity index (χ0) is 20.5. The first-order valence-corrected chi connectivity index (χ1v) is 10.1. The van der Waals surface area contributed by atoms with E-state index < -0.39 is 0 Å². The van der Waals surface area contributed by atoms with E-state index in [0.717, 1.165) is 17.7 Å². The lowest BCUT2D eigenvalue weighted by molar-refractivity contribution is -0.385. The predicted molar refractivity (Wildman–Crippen MR) is 113 cm³/mol. The summed E-state index contributed by atoms with van der Waals surface area (Å²) in [6, 6.07) is 12.6. The molecule has 1 aliphatic carbocycles. The number of benzene rings is 2. The minimum absolute atomic E-state index is 0.0390. The fourth-order valence-electron chi connectivity index (χ4n) is 4.65. The Morgan fingerprint density at radius 3 is 2.66 bits per heavy atom. The molecule has 0 saturated heterocycles. The number of para-hydroxylation sites is 1. The van der Waals surface area contributed by atoms with Crippen molar-refractivity contribution in [3.63, 3.8) is 0 Å². The molecule has 2 aromatic rings. The van der Waals surface area contributed by atoms with Gasteiger partial charge in [-0.15, -0.1) is 0 Å². The highest BCUT2D eigenvalue weighted by atomic mass is 16.6. The average Bonchev–Trinajstić information content (AvgIpc) is 3.24. The maximum Gasteiger partial charge on any atom is 0.274 e. The third kappa shape index (κ3) is 3.28. The summed E-state index contributed by atoms with van der Waals surface area (Å²) >= 11 is 0. The number of amides is 1. The van der Waals surface area contributed by atoms with Gasteiger partial charge in [-0.3, -0.25) is 14.9 Å². The first-order chi connectivity index (χ1) is 14.0. The summed E-state index contributed by atoms with van der Waals surface area (Å²) in [5.41, 5.74) is 3.59. The van der Waals surface area contributed by atoms with Crippen LogP contribution < -0.4 is 5.32 Å². The van der Waals surface area contributed by atoms with Crippen molar-refractivity contribution in [2.75, 3.05) is 18.4 Å². The van der Waals surface area contributed by atoms with Crippen molar-refractivity contribution in [2.24, 2.45) is 5.92 Å². The second kappa shape index (κ2) is 7.70. The Bertz CT molecular complexity index is 981. The Balaban J connectivity index is 1.74. The van der Waals surface area contributed by atoms with Gasteiger partial charge in [0.15, 0.2) is 0 Å². The molecule has 1 heterocycles.